The molecule has 0 spiro atoms. The van der Waals surface area contributed by atoms with Crippen LogP contribution in [0.5, 0.6) is 0 Å². The number of rotatable bonds is 11. The summed E-state index contributed by atoms with van der Waals surface area (Å²) >= 11 is 0. The first-order valence-electron chi connectivity index (χ1n) is 14.9. The molecule has 47 heavy (non-hydrogen) atoms. The van der Waals surface area contributed by atoms with Crippen molar-refractivity contribution in [3.05, 3.63) is 114 Å². The molecular formula is C34H36N6O7. The van der Waals surface area contributed by atoms with Crippen molar-refractivity contribution in [3.63, 3.8) is 0 Å². The predicted molar refractivity (Wildman–Crippen MR) is 172 cm³/mol. The van der Waals surface area contributed by atoms with Crippen molar-refractivity contribution < 1.29 is 33.5 Å². The van der Waals surface area contributed by atoms with Crippen LogP contribution in [-0.4, -0.2) is 59.8 Å². The maximum atomic E-state index is 13.5. The van der Waals surface area contributed by atoms with Gasteiger partial charge in [-0.25, -0.2) is 9.80 Å². The van der Waals surface area contributed by atoms with Crippen LogP contribution >= 0.6 is 0 Å². The van der Waals surface area contributed by atoms with Crippen molar-refractivity contribution in [1.82, 2.24) is 21.1 Å². The fourth-order valence-electron chi connectivity index (χ4n) is 4.83. The number of anilines is 1. The Hall–Kier alpha value is -5.98. The second-order valence-corrected chi connectivity index (χ2v) is 10.7. The summed E-state index contributed by atoms with van der Waals surface area (Å²) in [5.74, 6) is -3.90. The molecule has 3 aromatic carbocycles. The lowest BCUT2D eigenvalue weighted by Gasteiger charge is -2.28. The number of nitrogens with two attached hydrogens (primary N) is 1. The lowest BCUT2D eigenvalue weighted by atomic mass is 10.0. The SMILES string of the molecule is C[C@@H](NC(=O)OCc1ccccc1)C(=O)N[C@H](C(=O)NN(CC(N)=O)C(=O)/C=C/C(=O)N1CCCc2ccccc21)c1ccccc1. The molecule has 0 unspecified atom stereocenters. The third-order valence-electron chi connectivity index (χ3n) is 7.19. The van der Waals surface area contributed by atoms with Gasteiger partial charge in [-0.1, -0.05) is 78.9 Å². The van der Waals surface area contributed by atoms with Gasteiger partial charge in [-0.15, -0.1) is 0 Å². The third kappa shape index (κ3) is 9.75. The molecule has 0 aromatic heterocycles. The van der Waals surface area contributed by atoms with Gasteiger partial charge in [0.05, 0.1) is 0 Å². The zero-order valence-corrected chi connectivity index (χ0v) is 25.8. The van der Waals surface area contributed by atoms with E-state index in [1.165, 1.54) is 6.92 Å². The number of hydrazine groups is 1. The minimum absolute atomic E-state index is 0.00878. The van der Waals surface area contributed by atoms with Gasteiger partial charge < -0.3 is 26.0 Å². The molecule has 0 saturated carbocycles. The molecule has 1 aliphatic rings. The smallest absolute Gasteiger partial charge is 0.408 e. The largest absolute Gasteiger partial charge is 0.445 e. The van der Waals surface area contributed by atoms with Crippen LogP contribution in [0, 0.1) is 0 Å². The highest BCUT2D eigenvalue weighted by molar-refractivity contribution is 6.06. The molecule has 1 heterocycles. The number of nitrogens with zero attached hydrogens (tertiary/aromatic N) is 2. The third-order valence-corrected chi connectivity index (χ3v) is 7.19. The predicted octanol–water partition coefficient (Wildman–Crippen LogP) is 2.04. The molecule has 3 aromatic rings. The van der Waals surface area contributed by atoms with Crippen LogP contribution in [0.25, 0.3) is 0 Å². The van der Waals surface area contributed by atoms with Gasteiger partial charge in [0.1, 0.15) is 25.2 Å². The van der Waals surface area contributed by atoms with E-state index in [1.807, 2.05) is 30.3 Å². The molecule has 1 aliphatic heterocycles. The van der Waals surface area contributed by atoms with E-state index in [0.29, 0.717) is 17.1 Å². The van der Waals surface area contributed by atoms with Crippen molar-refractivity contribution in [2.24, 2.45) is 5.73 Å². The molecule has 244 valence electrons. The lowest BCUT2D eigenvalue weighted by molar-refractivity contribution is -0.142. The van der Waals surface area contributed by atoms with Gasteiger partial charge >= 0.3 is 6.09 Å². The van der Waals surface area contributed by atoms with Gasteiger partial charge in [-0.05, 0) is 42.5 Å². The zero-order chi connectivity index (χ0) is 33.8. The van der Waals surface area contributed by atoms with E-state index in [4.69, 9.17) is 10.5 Å². The van der Waals surface area contributed by atoms with E-state index in [1.54, 1.807) is 59.5 Å². The minimum Gasteiger partial charge on any atom is -0.445 e. The van der Waals surface area contributed by atoms with E-state index in [9.17, 15) is 28.8 Å². The molecular weight excluding hydrogens is 604 g/mol. The first-order chi connectivity index (χ1) is 22.6. The van der Waals surface area contributed by atoms with Gasteiger partial charge in [-0.3, -0.25) is 29.4 Å². The standard InChI is InChI=1S/C34H36N6O7/c1-23(36-34(46)47-22-24-11-4-2-5-12-24)32(44)37-31(26-14-6-3-7-15-26)33(45)38-40(21-28(35)41)30(43)19-18-29(42)39-20-10-16-25-13-8-9-17-27(25)39/h2-9,11-15,17-19,23,31H,10,16,20-22H2,1H3,(H2,35,41)(H,36,46)(H,37,44)(H,38,45)/b19-18+/t23-,31+/m1/s1. The monoisotopic (exact) mass is 640 g/mol. The average Bonchev–Trinajstić information content (AvgIpc) is 3.08. The maximum absolute atomic E-state index is 13.5. The Morgan fingerprint density at radius 2 is 1.53 bits per heavy atom. The molecule has 0 aliphatic carbocycles. The molecule has 6 amide bonds. The van der Waals surface area contributed by atoms with Crippen LogP contribution in [0.4, 0.5) is 10.5 Å². The van der Waals surface area contributed by atoms with Crippen molar-refractivity contribution in [2.75, 3.05) is 18.0 Å². The van der Waals surface area contributed by atoms with E-state index in [2.05, 4.69) is 16.1 Å². The Balaban J connectivity index is 1.42. The number of benzene rings is 3. The number of ether oxygens (including phenoxy) is 1. The Morgan fingerprint density at radius 1 is 0.872 bits per heavy atom. The molecule has 2 atom stereocenters. The number of hydrogen-bond acceptors (Lipinski definition) is 7. The Bertz CT molecular complexity index is 1630. The highest BCUT2D eigenvalue weighted by Crippen LogP contribution is 2.26. The van der Waals surface area contributed by atoms with Crippen LogP contribution in [0.3, 0.4) is 0 Å². The molecule has 0 saturated heterocycles. The van der Waals surface area contributed by atoms with E-state index >= 15 is 0 Å². The summed E-state index contributed by atoms with van der Waals surface area (Å²) in [5.41, 5.74) is 10.5. The number of aryl methyl sites for hydroxylation is 1. The number of fused-ring (bicyclic) bond motifs is 1. The number of carbonyl (C=O) groups is 6. The van der Waals surface area contributed by atoms with Crippen LogP contribution in [0.15, 0.2) is 97.1 Å². The highest BCUT2D eigenvalue weighted by atomic mass is 16.5. The minimum atomic E-state index is -1.35. The first kappa shape index (κ1) is 33.9. The van der Waals surface area contributed by atoms with Crippen LogP contribution in [0.2, 0.25) is 0 Å². The molecule has 0 fully saturated rings. The summed E-state index contributed by atoms with van der Waals surface area (Å²) in [5, 5.41) is 5.63. The Labute approximate surface area is 271 Å². The van der Waals surface area contributed by atoms with Crippen molar-refractivity contribution in [2.45, 2.75) is 38.5 Å². The van der Waals surface area contributed by atoms with E-state index in [-0.39, 0.29) is 6.61 Å². The zero-order valence-electron chi connectivity index (χ0n) is 25.8. The van der Waals surface area contributed by atoms with E-state index in [0.717, 1.165) is 41.8 Å². The maximum Gasteiger partial charge on any atom is 0.408 e. The second-order valence-electron chi connectivity index (χ2n) is 10.7. The number of nitrogens with one attached hydrogen (secondary N) is 3. The number of carbonyl (C=O) groups excluding carboxylic acids is 6. The van der Waals surface area contributed by atoms with Crippen LogP contribution in [-0.2, 0) is 41.7 Å². The average molecular weight is 641 g/mol. The molecule has 5 N–H and O–H groups in total. The summed E-state index contributed by atoms with van der Waals surface area (Å²) in [4.78, 5) is 78.4. The fraction of sp³-hybridized carbons (Fsp3) is 0.235. The normalized spacial score (nSPS) is 13.4. The number of para-hydroxylation sites is 1. The Morgan fingerprint density at radius 3 is 2.23 bits per heavy atom. The summed E-state index contributed by atoms with van der Waals surface area (Å²) in [7, 11) is 0. The summed E-state index contributed by atoms with van der Waals surface area (Å²) in [6.07, 6.45) is 2.74. The lowest BCUT2D eigenvalue weighted by Crippen LogP contribution is -2.54. The van der Waals surface area contributed by atoms with Gasteiger partial charge in [0.2, 0.25) is 11.8 Å². The van der Waals surface area contributed by atoms with Crippen molar-refractivity contribution in [3.8, 4) is 0 Å². The molecule has 0 bridgehead atoms. The first-order valence-corrected chi connectivity index (χ1v) is 14.9. The number of hydrogen-bond donors (Lipinski definition) is 4. The van der Waals surface area contributed by atoms with Gasteiger partial charge in [0, 0.05) is 24.4 Å². The second kappa shape index (κ2) is 16.4. The van der Waals surface area contributed by atoms with E-state index < -0.39 is 54.3 Å². The molecule has 4 rings (SSSR count). The summed E-state index contributed by atoms with van der Waals surface area (Å²) < 4.78 is 5.17. The van der Waals surface area contributed by atoms with Crippen LogP contribution in [0.1, 0.15) is 36.1 Å². The quantitative estimate of drug-likeness (QED) is 0.183. The molecule has 13 heteroatoms. The van der Waals surface area contributed by atoms with Crippen molar-refractivity contribution >= 4 is 41.3 Å². The summed E-state index contributed by atoms with van der Waals surface area (Å²) in [6, 6.07) is 22.1. The van der Waals surface area contributed by atoms with Gasteiger partial charge in [-0.2, -0.15) is 0 Å². The molecule has 13 nitrogen and oxygen atoms in total. The molecule has 0 radical (unpaired) electrons. The number of alkyl carbamates (subject to hydrolysis) is 1. The Kier molecular flexibility index (Phi) is 11.8. The number of amides is 6. The summed E-state index contributed by atoms with van der Waals surface area (Å²) in [6.45, 7) is 1.15. The van der Waals surface area contributed by atoms with Crippen molar-refractivity contribution in [1.29, 1.82) is 0 Å². The number of primary amides is 1. The van der Waals surface area contributed by atoms with Gasteiger partial charge in [0.25, 0.3) is 17.7 Å². The fourth-order valence-corrected chi connectivity index (χ4v) is 4.83. The van der Waals surface area contributed by atoms with Gasteiger partial charge in [0.15, 0.2) is 0 Å². The topological polar surface area (TPSA) is 180 Å². The van der Waals surface area contributed by atoms with Crippen LogP contribution < -0.4 is 26.7 Å². The highest BCUT2D eigenvalue weighted by Gasteiger charge is 2.29.